The number of phenols is 1. The number of hydrogen-bond acceptors (Lipinski definition) is 4. The summed E-state index contributed by atoms with van der Waals surface area (Å²) in [5, 5.41) is 10.8. The average Bonchev–Trinajstić information content (AvgIpc) is 3.30. The van der Waals surface area contributed by atoms with Gasteiger partial charge in [0.25, 0.3) is 0 Å². The third-order valence-electron chi connectivity index (χ3n) is 7.19. The summed E-state index contributed by atoms with van der Waals surface area (Å²) in [6.07, 6.45) is 0.985. The molecule has 0 aliphatic carbocycles. The van der Waals surface area contributed by atoms with Crippen molar-refractivity contribution in [3.05, 3.63) is 88.4 Å². The molecule has 5 heteroatoms. The molecule has 3 aromatic carbocycles. The van der Waals surface area contributed by atoms with E-state index in [4.69, 9.17) is 21.1 Å². The predicted octanol–water partition coefficient (Wildman–Crippen LogP) is 7.22. The maximum absolute atomic E-state index is 10.1. The highest BCUT2D eigenvalue weighted by atomic mass is 35.5. The van der Waals surface area contributed by atoms with Crippen molar-refractivity contribution in [2.45, 2.75) is 39.3 Å². The molecule has 1 unspecified atom stereocenters. The molecule has 182 valence electrons. The molecule has 0 radical (unpaired) electrons. The van der Waals surface area contributed by atoms with E-state index in [1.54, 1.807) is 12.1 Å². The van der Waals surface area contributed by atoms with Gasteiger partial charge in [0.2, 0.25) is 0 Å². The molecule has 5 rings (SSSR count). The van der Waals surface area contributed by atoms with Gasteiger partial charge < -0.3 is 14.6 Å². The van der Waals surface area contributed by atoms with Gasteiger partial charge in [-0.05, 0) is 91.9 Å². The molecule has 2 aliphatic heterocycles. The number of halogens is 1. The van der Waals surface area contributed by atoms with Crippen molar-refractivity contribution in [2.24, 2.45) is 5.92 Å². The zero-order valence-electron chi connectivity index (χ0n) is 20.5. The number of likely N-dealkylation sites (tertiary alicyclic amines) is 1. The summed E-state index contributed by atoms with van der Waals surface area (Å²) in [6.45, 7) is 9.62. The topological polar surface area (TPSA) is 41.9 Å². The molecule has 0 amide bonds. The van der Waals surface area contributed by atoms with Crippen molar-refractivity contribution in [3.8, 4) is 17.2 Å². The van der Waals surface area contributed by atoms with Crippen LogP contribution in [0.25, 0.3) is 11.1 Å². The molecule has 0 spiro atoms. The number of nitrogens with zero attached hydrogens (tertiary/aromatic N) is 1. The fourth-order valence-electron chi connectivity index (χ4n) is 5.10. The maximum atomic E-state index is 10.1. The third kappa shape index (κ3) is 5.05. The molecule has 3 aromatic rings. The van der Waals surface area contributed by atoms with E-state index in [-0.39, 0.29) is 11.9 Å². The SMILES string of the molecule is CC1=C(c2ccc(Cl)cc2)C(c2ccc(OC[C@H](C)N3CC[C@@H](C)C3)cc2)Oc2ccc(O)cc21. The number of aromatic hydroxyl groups is 1. The Morgan fingerprint density at radius 3 is 2.51 bits per heavy atom. The summed E-state index contributed by atoms with van der Waals surface area (Å²) >= 11 is 6.16. The van der Waals surface area contributed by atoms with E-state index in [0.717, 1.165) is 58.3 Å². The Bertz CT molecular complexity index is 1220. The summed E-state index contributed by atoms with van der Waals surface area (Å²) < 4.78 is 12.6. The van der Waals surface area contributed by atoms with Crippen LogP contribution in [0.3, 0.4) is 0 Å². The normalized spacial score (nSPS) is 20.9. The number of phenolic OH excluding ortho intramolecular Hbond substituents is 1. The van der Waals surface area contributed by atoms with Crippen LogP contribution in [0.4, 0.5) is 0 Å². The number of rotatable bonds is 6. The Balaban J connectivity index is 1.40. The average molecular weight is 490 g/mol. The van der Waals surface area contributed by atoms with Crippen molar-refractivity contribution in [1.82, 2.24) is 4.90 Å². The van der Waals surface area contributed by atoms with Crippen LogP contribution in [0.15, 0.2) is 66.7 Å². The molecule has 1 fully saturated rings. The van der Waals surface area contributed by atoms with E-state index >= 15 is 0 Å². The summed E-state index contributed by atoms with van der Waals surface area (Å²) in [5.74, 6) is 2.62. The van der Waals surface area contributed by atoms with E-state index in [0.29, 0.717) is 17.7 Å². The van der Waals surface area contributed by atoms with Crippen molar-refractivity contribution in [1.29, 1.82) is 0 Å². The minimum atomic E-state index is -0.285. The van der Waals surface area contributed by atoms with Gasteiger partial charge >= 0.3 is 0 Å². The Labute approximate surface area is 212 Å². The first-order valence-corrected chi connectivity index (χ1v) is 12.7. The molecule has 1 saturated heterocycles. The first kappa shape index (κ1) is 23.8. The standard InChI is InChI=1S/C30H32ClNO3/c1-19-14-15-32(17-19)20(2)18-34-26-11-6-23(7-12-26)30-29(22-4-8-24(31)9-5-22)21(3)27-16-25(33)10-13-28(27)35-30/h4-13,16,19-20,30,33H,14-15,17-18H2,1-3H3/t19-,20+,30?/m1/s1. The molecular formula is C30H32ClNO3. The first-order chi connectivity index (χ1) is 16.9. The quantitative estimate of drug-likeness (QED) is 0.397. The third-order valence-corrected chi connectivity index (χ3v) is 7.44. The van der Waals surface area contributed by atoms with Crippen molar-refractivity contribution >= 4 is 22.7 Å². The number of hydrogen-bond donors (Lipinski definition) is 1. The highest BCUT2D eigenvalue weighted by Crippen LogP contribution is 2.47. The van der Waals surface area contributed by atoms with E-state index in [1.807, 2.05) is 42.5 Å². The molecule has 35 heavy (non-hydrogen) atoms. The zero-order valence-corrected chi connectivity index (χ0v) is 21.3. The number of benzene rings is 3. The lowest BCUT2D eigenvalue weighted by atomic mass is 9.86. The Hall–Kier alpha value is -2.95. The molecule has 2 aliphatic rings. The Morgan fingerprint density at radius 2 is 1.83 bits per heavy atom. The van der Waals surface area contributed by atoms with Crippen LogP contribution in [0, 0.1) is 5.92 Å². The van der Waals surface area contributed by atoms with E-state index in [2.05, 4.69) is 37.8 Å². The minimum absolute atomic E-state index is 0.222. The van der Waals surface area contributed by atoms with Crippen LogP contribution in [0.1, 0.15) is 50.0 Å². The van der Waals surface area contributed by atoms with Crippen molar-refractivity contribution in [2.75, 3.05) is 19.7 Å². The van der Waals surface area contributed by atoms with Crippen molar-refractivity contribution in [3.63, 3.8) is 0 Å². The highest BCUT2D eigenvalue weighted by Gasteiger charge is 2.29. The fourth-order valence-corrected chi connectivity index (χ4v) is 5.23. The smallest absolute Gasteiger partial charge is 0.150 e. The van der Waals surface area contributed by atoms with Crippen LogP contribution in [0.2, 0.25) is 5.02 Å². The molecule has 1 N–H and O–H groups in total. The van der Waals surface area contributed by atoms with Gasteiger partial charge in [-0.25, -0.2) is 0 Å². The van der Waals surface area contributed by atoms with E-state index in [9.17, 15) is 5.11 Å². The minimum Gasteiger partial charge on any atom is -0.508 e. The van der Waals surface area contributed by atoms with Crippen molar-refractivity contribution < 1.29 is 14.6 Å². The van der Waals surface area contributed by atoms with Gasteiger partial charge in [0.05, 0.1) is 0 Å². The molecule has 0 bridgehead atoms. The molecular weight excluding hydrogens is 458 g/mol. The zero-order chi connectivity index (χ0) is 24.5. The number of allylic oxidation sites excluding steroid dienone is 1. The summed E-state index contributed by atoms with van der Waals surface area (Å²) in [5.41, 5.74) is 5.12. The summed E-state index contributed by atoms with van der Waals surface area (Å²) in [7, 11) is 0. The molecule has 0 aromatic heterocycles. The van der Waals surface area contributed by atoms with Gasteiger partial charge in [0.15, 0.2) is 0 Å². The number of ether oxygens (including phenoxy) is 2. The van der Waals surface area contributed by atoms with Crippen LogP contribution < -0.4 is 9.47 Å². The van der Waals surface area contributed by atoms with Crippen LogP contribution in [-0.2, 0) is 0 Å². The molecule has 3 atom stereocenters. The van der Waals surface area contributed by atoms with Gasteiger partial charge in [0.1, 0.15) is 30.0 Å². The van der Waals surface area contributed by atoms with Crippen LogP contribution >= 0.6 is 11.6 Å². The highest BCUT2D eigenvalue weighted by molar-refractivity contribution is 6.30. The molecule has 4 nitrogen and oxygen atoms in total. The van der Waals surface area contributed by atoms with Crippen LogP contribution in [-0.4, -0.2) is 35.7 Å². The summed E-state index contributed by atoms with van der Waals surface area (Å²) in [6, 6.07) is 21.7. The molecule has 0 saturated carbocycles. The predicted molar refractivity (Wildman–Crippen MR) is 142 cm³/mol. The van der Waals surface area contributed by atoms with Gasteiger partial charge in [-0.1, -0.05) is 42.8 Å². The number of fused-ring (bicyclic) bond motifs is 1. The lowest BCUT2D eigenvalue weighted by Gasteiger charge is -2.31. The van der Waals surface area contributed by atoms with E-state index < -0.39 is 0 Å². The monoisotopic (exact) mass is 489 g/mol. The van der Waals surface area contributed by atoms with Gasteiger partial charge in [-0.15, -0.1) is 0 Å². The van der Waals surface area contributed by atoms with Gasteiger partial charge in [-0.2, -0.15) is 0 Å². The Morgan fingerprint density at radius 1 is 1.09 bits per heavy atom. The fraction of sp³-hybridized carbons (Fsp3) is 0.333. The summed E-state index contributed by atoms with van der Waals surface area (Å²) in [4.78, 5) is 2.51. The van der Waals surface area contributed by atoms with Crippen LogP contribution in [0.5, 0.6) is 17.2 Å². The second-order valence-electron chi connectivity index (χ2n) is 9.84. The lowest BCUT2D eigenvalue weighted by Crippen LogP contribution is -2.35. The first-order valence-electron chi connectivity index (χ1n) is 12.3. The van der Waals surface area contributed by atoms with Gasteiger partial charge in [0, 0.05) is 28.7 Å². The van der Waals surface area contributed by atoms with E-state index in [1.165, 1.54) is 6.42 Å². The maximum Gasteiger partial charge on any atom is 0.150 e. The largest absolute Gasteiger partial charge is 0.508 e. The second-order valence-corrected chi connectivity index (χ2v) is 10.3. The Kier molecular flexibility index (Phi) is 6.77. The second kappa shape index (κ2) is 9.96. The molecule has 2 heterocycles. The lowest BCUT2D eigenvalue weighted by molar-refractivity contribution is 0.169. The van der Waals surface area contributed by atoms with Gasteiger partial charge in [-0.3, -0.25) is 4.90 Å².